The standard InChI is InChI=1S/C15H17F2NO4/c1-22-6-5-18(8-13(19)20)15(21)10-7-9(10)14-11(16)3-2-4-12(14)17/h2-4,9-10H,5-8H2,1H3,(H,19,20). The lowest BCUT2D eigenvalue weighted by atomic mass is 10.1. The summed E-state index contributed by atoms with van der Waals surface area (Å²) in [6.07, 6.45) is 0.319. The first-order chi connectivity index (χ1) is 10.5. The Balaban J connectivity index is 2.08. The summed E-state index contributed by atoms with van der Waals surface area (Å²) < 4.78 is 32.3. The monoisotopic (exact) mass is 313 g/mol. The van der Waals surface area contributed by atoms with Crippen LogP contribution in [0, 0.1) is 17.6 Å². The van der Waals surface area contributed by atoms with Gasteiger partial charge in [0.1, 0.15) is 18.2 Å². The van der Waals surface area contributed by atoms with Gasteiger partial charge in [-0.25, -0.2) is 8.78 Å². The molecule has 0 heterocycles. The van der Waals surface area contributed by atoms with E-state index in [9.17, 15) is 18.4 Å². The zero-order chi connectivity index (χ0) is 16.3. The highest BCUT2D eigenvalue weighted by atomic mass is 19.1. The first-order valence-electron chi connectivity index (χ1n) is 6.89. The third-order valence-corrected chi connectivity index (χ3v) is 3.68. The minimum atomic E-state index is -1.14. The normalized spacial score (nSPS) is 19.8. The molecule has 22 heavy (non-hydrogen) atoms. The molecule has 1 aromatic carbocycles. The second-order valence-electron chi connectivity index (χ2n) is 5.23. The van der Waals surface area contributed by atoms with E-state index in [1.165, 1.54) is 13.2 Å². The summed E-state index contributed by atoms with van der Waals surface area (Å²) in [4.78, 5) is 24.3. The predicted octanol–water partition coefficient (Wildman–Crippen LogP) is 1.63. The highest BCUT2D eigenvalue weighted by molar-refractivity contribution is 5.86. The van der Waals surface area contributed by atoms with Crippen LogP contribution < -0.4 is 0 Å². The van der Waals surface area contributed by atoms with Crippen molar-refractivity contribution < 1.29 is 28.2 Å². The van der Waals surface area contributed by atoms with Gasteiger partial charge in [-0.15, -0.1) is 0 Å². The molecule has 1 N–H and O–H groups in total. The maximum absolute atomic E-state index is 13.7. The largest absolute Gasteiger partial charge is 0.480 e. The predicted molar refractivity (Wildman–Crippen MR) is 73.3 cm³/mol. The molecule has 1 aromatic rings. The Labute approximate surface area is 126 Å². The van der Waals surface area contributed by atoms with Crippen molar-refractivity contribution in [3.05, 3.63) is 35.4 Å². The molecule has 1 fully saturated rings. The van der Waals surface area contributed by atoms with Crippen molar-refractivity contribution in [3.63, 3.8) is 0 Å². The van der Waals surface area contributed by atoms with E-state index in [4.69, 9.17) is 9.84 Å². The number of carboxylic acid groups (broad SMARTS) is 1. The van der Waals surface area contributed by atoms with E-state index in [0.717, 1.165) is 17.0 Å². The number of aliphatic carboxylic acids is 1. The third kappa shape index (κ3) is 3.59. The van der Waals surface area contributed by atoms with Gasteiger partial charge in [0, 0.05) is 31.1 Å². The summed E-state index contributed by atoms with van der Waals surface area (Å²) in [5.74, 6) is -4.02. The zero-order valence-corrected chi connectivity index (χ0v) is 12.1. The van der Waals surface area contributed by atoms with E-state index >= 15 is 0 Å². The van der Waals surface area contributed by atoms with Crippen LogP contribution in [0.4, 0.5) is 8.78 Å². The lowest BCUT2D eigenvalue weighted by Crippen LogP contribution is -2.39. The van der Waals surface area contributed by atoms with Crippen LogP contribution in [0.25, 0.3) is 0 Å². The lowest BCUT2D eigenvalue weighted by molar-refractivity contribution is -0.145. The van der Waals surface area contributed by atoms with Crippen LogP contribution in [0.1, 0.15) is 17.9 Å². The number of amides is 1. The van der Waals surface area contributed by atoms with E-state index in [2.05, 4.69) is 0 Å². The minimum absolute atomic E-state index is 0.0946. The molecule has 120 valence electrons. The van der Waals surface area contributed by atoms with E-state index in [0.29, 0.717) is 6.42 Å². The van der Waals surface area contributed by atoms with E-state index in [1.807, 2.05) is 0 Å². The van der Waals surface area contributed by atoms with Crippen molar-refractivity contribution in [1.29, 1.82) is 0 Å². The SMILES string of the molecule is COCCN(CC(=O)O)C(=O)C1CC1c1c(F)cccc1F. The molecule has 0 aromatic heterocycles. The van der Waals surface area contributed by atoms with E-state index < -0.39 is 41.9 Å². The quantitative estimate of drug-likeness (QED) is 0.831. The minimum Gasteiger partial charge on any atom is -0.480 e. The number of carbonyl (C=O) groups is 2. The van der Waals surface area contributed by atoms with Crippen molar-refractivity contribution in [2.24, 2.45) is 5.92 Å². The van der Waals surface area contributed by atoms with Crippen molar-refractivity contribution in [1.82, 2.24) is 4.90 Å². The number of halogens is 2. The lowest BCUT2D eigenvalue weighted by Gasteiger charge is -2.20. The van der Waals surface area contributed by atoms with Crippen molar-refractivity contribution in [3.8, 4) is 0 Å². The fourth-order valence-corrected chi connectivity index (χ4v) is 2.52. The van der Waals surface area contributed by atoms with Gasteiger partial charge in [0.2, 0.25) is 5.91 Å². The smallest absolute Gasteiger partial charge is 0.323 e. The average Bonchev–Trinajstić information content (AvgIpc) is 3.22. The van der Waals surface area contributed by atoms with Crippen molar-refractivity contribution in [2.45, 2.75) is 12.3 Å². The van der Waals surface area contributed by atoms with Gasteiger partial charge in [-0.3, -0.25) is 9.59 Å². The van der Waals surface area contributed by atoms with Gasteiger partial charge in [0.05, 0.1) is 6.61 Å². The number of benzene rings is 1. The molecular formula is C15H17F2NO4. The van der Waals surface area contributed by atoms with Crippen LogP contribution in [-0.4, -0.2) is 48.7 Å². The van der Waals surface area contributed by atoms with E-state index in [1.54, 1.807) is 0 Å². The van der Waals surface area contributed by atoms with Gasteiger partial charge in [-0.2, -0.15) is 0 Å². The van der Waals surface area contributed by atoms with Gasteiger partial charge >= 0.3 is 5.97 Å². The number of carbonyl (C=O) groups excluding carboxylic acids is 1. The highest BCUT2D eigenvalue weighted by Crippen LogP contribution is 2.50. The van der Waals surface area contributed by atoms with Crippen LogP contribution in [0.5, 0.6) is 0 Å². The summed E-state index contributed by atoms with van der Waals surface area (Å²) in [5.41, 5.74) is -0.0946. The molecule has 2 rings (SSSR count). The molecule has 1 aliphatic carbocycles. The second kappa shape index (κ2) is 6.83. The number of carboxylic acids is 1. The van der Waals surface area contributed by atoms with Crippen molar-refractivity contribution >= 4 is 11.9 Å². The Kier molecular flexibility index (Phi) is 5.07. The Bertz CT molecular complexity index is 558. The molecule has 1 saturated carbocycles. The van der Waals surface area contributed by atoms with Gasteiger partial charge in [-0.1, -0.05) is 6.07 Å². The summed E-state index contributed by atoms with van der Waals surface area (Å²) in [6, 6.07) is 3.57. The van der Waals surface area contributed by atoms with Gasteiger partial charge in [-0.05, 0) is 18.6 Å². The van der Waals surface area contributed by atoms with Crippen LogP contribution in [0.3, 0.4) is 0 Å². The van der Waals surface area contributed by atoms with Gasteiger partial charge < -0.3 is 14.7 Å². The van der Waals surface area contributed by atoms with Crippen LogP contribution in [0.2, 0.25) is 0 Å². The molecule has 0 radical (unpaired) electrons. The summed E-state index contributed by atoms with van der Waals surface area (Å²) in [6.45, 7) is -0.125. The van der Waals surface area contributed by atoms with Crippen LogP contribution in [-0.2, 0) is 14.3 Å². The third-order valence-electron chi connectivity index (χ3n) is 3.68. The molecule has 5 nitrogen and oxygen atoms in total. The molecule has 2 atom stereocenters. The zero-order valence-electron chi connectivity index (χ0n) is 12.1. The number of hydrogen-bond acceptors (Lipinski definition) is 3. The summed E-state index contributed by atoms with van der Waals surface area (Å²) >= 11 is 0. The molecule has 0 aliphatic heterocycles. The molecular weight excluding hydrogens is 296 g/mol. The maximum atomic E-state index is 13.7. The maximum Gasteiger partial charge on any atom is 0.323 e. The van der Waals surface area contributed by atoms with Gasteiger partial charge in [0.15, 0.2) is 0 Å². The van der Waals surface area contributed by atoms with E-state index in [-0.39, 0.29) is 18.7 Å². The summed E-state index contributed by atoms with van der Waals surface area (Å²) in [5, 5.41) is 8.85. The number of methoxy groups -OCH3 is 1. The average molecular weight is 313 g/mol. The number of nitrogens with zero attached hydrogens (tertiary/aromatic N) is 1. The summed E-state index contributed by atoms with van der Waals surface area (Å²) in [7, 11) is 1.44. The molecule has 2 unspecified atom stereocenters. The van der Waals surface area contributed by atoms with Crippen LogP contribution in [0.15, 0.2) is 18.2 Å². The molecule has 0 bridgehead atoms. The Hall–Kier alpha value is -2.02. The van der Waals surface area contributed by atoms with Crippen LogP contribution >= 0.6 is 0 Å². The number of ether oxygens (including phenoxy) is 1. The Morgan fingerprint density at radius 3 is 2.55 bits per heavy atom. The second-order valence-corrected chi connectivity index (χ2v) is 5.23. The first-order valence-corrected chi connectivity index (χ1v) is 6.89. The van der Waals surface area contributed by atoms with Gasteiger partial charge in [0.25, 0.3) is 0 Å². The number of hydrogen-bond donors (Lipinski definition) is 1. The number of rotatable bonds is 7. The molecule has 1 aliphatic rings. The molecule has 7 heteroatoms. The molecule has 0 saturated heterocycles. The Morgan fingerprint density at radius 2 is 2.00 bits per heavy atom. The highest BCUT2D eigenvalue weighted by Gasteiger charge is 2.48. The Morgan fingerprint density at radius 1 is 1.36 bits per heavy atom. The fourth-order valence-electron chi connectivity index (χ4n) is 2.52. The molecule has 1 amide bonds. The fraction of sp³-hybridized carbons (Fsp3) is 0.467. The van der Waals surface area contributed by atoms with Crippen molar-refractivity contribution in [2.75, 3.05) is 26.8 Å². The first kappa shape index (κ1) is 16.4. The molecule has 0 spiro atoms. The topological polar surface area (TPSA) is 66.8 Å².